The monoisotopic (exact) mass is 246 g/mol. The predicted octanol–water partition coefficient (Wildman–Crippen LogP) is 1.36. The number of nitrogens with zero attached hydrogens (tertiary/aromatic N) is 1. The molecule has 3 atom stereocenters. The smallest absolute Gasteiger partial charge is 0.0824 e. The maximum absolute atomic E-state index is 10.5. The molecular weight excluding hydrogens is 224 g/mol. The molecule has 2 bridgehead atoms. The maximum Gasteiger partial charge on any atom is 0.0824 e. The van der Waals surface area contributed by atoms with Crippen LogP contribution in [0.5, 0.6) is 0 Å². The first-order valence-electron chi connectivity index (χ1n) is 6.92. The first kappa shape index (κ1) is 12.2. The van der Waals surface area contributed by atoms with Gasteiger partial charge >= 0.3 is 0 Å². The summed E-state index contributed by atoms with van der Waals surface area (Å²) in [7, 11) is 0. The molecule has 1 aromatic carbocycles. The zero-order valence-electron chi connectivity index (χ0n) is 10.8. The molecule has 3 aliphatic rings. The van der Waals surface area contributed by atoms with Gasteiger partial charge in [0.1, 0.15) is 0 Å². The molecule has 3 nitrogen and oxygen atoms in total. The van der Waals surface area contributed by atoms with Crippen molar-refractivity contribution in [2.75, 3.05) is 13.1 Å². The maximum atomic E-state index is 10.5. The minimum Gasteiger partial charge on any atom is -0.388 e. The topological polar surface area (TPSA) is 49.5 Å². The number of piperidine rings is 2. The summed E-state index contributed by atoms with van der Waals surface area (Å²) < 4.78 is 0. The van der Waals surface area contributed by atoms with Crippen LogP contribution in [-0.2, 0) is 6.54 Å². The lowest BCUT2D eigenvalue weighted by molar-refractivity contribution is -0.123. The lowest BCUT2D eigenvalue weighted by atomic mass is 9.68. The predicted molar refractivity (Wildman–Crippen MR) is 72.0 cm³/mol. The number of fused-ring (bicyclic) bond motifs is 3. The molecule has 0 amide bonds. The molecule has 2 aliphatic heterocycles. The van der Waals surface area contributed by atoms with Crippen molar-refractivity contribution in [1.29, 1.82) is 0 Å². The summed E-state index contributed by atoms with van der Waals surface area (Å²) in [4.78, 5) is 2.52. The van der Waals surface area contributed by atoms with Crippen molar-refractivity contribution in [2.45, 2.75) is 37.5 Å². The standard InChI is InChI=1S/C15H22N2O/c16-11-15(18)8-14-7-6-13(15)10-17(14)9-12-4-2-1-3-5-12/h1-5,13-14,18H,6-11,16H2. The van der Waals surface area contributed by atoms with Gasteiger partial charge in [-0.1, -0.05) is 30.3 Å². The highest BCUT2D eigenvalue weighted by Crippen LogP contribution is 2.42. The molecule has 3 N–H and O–H groups in total. The molecule has 0 spiro atoms. The average Bonchev–Trinajstić information content (AvgIpc) is 2.41. The first-order valence-corrected chi connectivity index (χ1v) is 6.92. The van der Waals surface area contributed by atoms with Crippen LogP contribution >= 0.6 is 0 Å². The van der Waals surface area contributed by atoms with Crippen LogP contribution in [0.3, 0.4) is 0 Å². The Bertz CT molecular complexity index is 408. The highest BCUT2D eigenvalue weighted by atomic mass is 16.3. The number of hydrogen-bond donors (Lipinski definition) is 2. The molecule has 2 saturated heterocycles. The average molecular weight is 246 g/mol. The van der Waals surface area contributed by atoms with E-state index in [9.17, 15) is 5.11 Å². The van der Waals surface area contributed by atoms with Gasteiger partial charge in [0.2, 0.25) is 0 Å². The van der Waals surface area contributed by atoms with Crippen molar-refractivity contribution in [2.24, 2.45) is 11.7 Å². The van der Waals surface area contributed by atoms with E-state index in [0.717, 1.165) is 25.9 Å². The van der Waals surface area contributed by atoms with E-state index in [0.29, 0.717) is 18.5 Å². The molecule has 4 rings (SSSR count). The molecule has 3 fully saturated rings. The summed E-state index contributed by atoms with van der Waals surface area (Å²) >= 11 is 0. The second kappa shape index (κ2) is 4.65. The molecule has 2 heterocycles. The van der Waals surface area contributed by atoms with Crippen LogP contribution in [0.2, 0.25) is 0 Å². The number of nitrogens with two attached hydrogens (primary N) is 1. The molecule has 0 aromatic heterocycles. The summed E-state index contributed by atoms with van der Waals surface area (Å²) in [6.07, 6.45) is 3.18. The third-order valence-electron chi connectivity index (χ3n) is 4.75. The van der Waals surface area contributed by atoms with Crippen LogP contribution in [0, 0.1) is 5.92 Å². The van der Waals surface area contributed by atoms with Crippen LogP contribution in [0.15, 0.2) is 30.3 Å². The summed E-state index contributed by atoms with van der Waals surface area (Å²) in [6, 6.07) is 11.1. The zero-order valence-corrected chi connectivity index (χ0v) is 10.8. The van der Waals surface area contributed by atoms with Gasteiger partial charge in [-0.3, -0.25) is 4.90 Å². The van der Waals surface area contributed by atoms with Gasteiger partial charge in [0.25, 0.3) is 0 Å². The molecule has 3 heteroatoms. The summed E-state index contributed by atoms with van der Waals surface area (Å²) in [5.41, 5.74) is 6.51. The minimum atomic E-state index is -0.601. The third kappa shape index (κ3) is 2.07. The molecular formula is C15H22N2O. The Kier molecular flexibility index (Phi) is 3.14. The lowest BCUT2D eigenvalue weighted by Gasteiger charge is -2.53. The van der Waals surface area contributed by atoms with Gasteiger partial charge in [0.15, 0.2) is 0 Å². The molecule has 0 radical (unpaired) electrons. The van der Waals surface area contributed by atoms with Crippen molar-refractivity contribution < 1.29 is 5.11 Å². The van der Waals surface area contributed by atoms with Crippen LogP contribution in [0.4, 0.5) is 0 Å². The van der Waals surface area contributed by atoms with Crippen LogP contribution in [-0.4, -0.2) is 34.7 Å². The normalized spacial score (nSPS) is 35.9. The second-order valence-electron chi connectivity index (χ2n) is 5.85. The molecule has 18 heavy (non-hydrogen) atoms. The Hall–Kier alpha value is -0.900. The molecule has 1 saturated carbocycles. The van der Waals surface area contributed by atoms with Crippen molar-refractivity contribution in [1.82, 2.24) is 4.90 Å². The largest absolute Gasteiger partial charge is 0.388 e. The van der Waals surface area contributed by atoms with Gasteiger partial charge in [0, 0.05) is 31.6 Å². The Morgan fingerprint density at radius 1 is 1.28 bits per heavy atom. The second-order valence-corrected chi connectivity index (χ2v) is 5.85. The minimum absolute atomic E-state index is 0.358. The van der Waals surface area contributed by atoms with Gasteiger partial charge in [-0.2, -0.15) is 0 Å². The van der Waals surface area contributed by atoms with Crippen molar-refractivity contribution in [3.63, 3.8) is 0 Å². The highest BCUT2D eigenvalue weighted by Gasteiger charge is 2.48. The van der Waals surface area contributed by atoms with Crippen molar-refractivity contribution >= 4 is 0 Å². The van der Waals surface area contributed by atoms with Crippen molar-refractivity contribution in [3.05, 3.63) is 35.9 Å². The lowest BCUT2D eigenvalue weighted by Crippen LogP contribution is -2.62. The summed E-state index contributed by atoms with van der Waals surface area (Å²) in [5.74, 6) is 0.358. The molecule has 1 aromatic rings. The third-order valence-corrected chi connectivity index (χ3v) is 4.75. The number of rotatable bonds is 3. The van der Waals surface area contributed by atoms with Gasteiger partial charge < -0.3 is 10.8 Å². The van der Waals surface area contributed by atoms with E-state index in [1.165, 1.54) is 12.0 Å². The quantitative estimate of drug-likeness (QED) is 0.846. The van der Waals surface area contributed by atoms with E-state index in [1.54, 1.807) is 0 Å². The van der Waals surface area contributed by atoms with Gasteiger partial charge in [-0.15, -0.1) is 0 Å². The van der Waals surface area contributed by atoms with E-state index in [2.05, 4.69) is 35.2 Å². The van der Waals surface area contributed by atoms with Crippen LogP contribution in [0.1, 0.15) is 24.8 Å². The van der Waals surface area contributed by atoms with Crippen LogP contribution < -0.4 is 5.73 Å². The molecule has 1 aliphatic carbocycles. The van der Waals surface area contributed by atoms with E-state index < -0.39 is 5.60 Å². The number of hydrogen-bond acceptors (Lipinski definition) is 3. The molecule has 98 valence electrons. The van der Waals surface area contributed by atoms with Gasteiger partial charge in [-0.25, -0.2) is 0 Å². The highest BCUT2D eigenvalue weighted by molar-refractivity contribution is 5.15. The van der Waals surface area contributed by atoms with E-state index >= 15 is 0 Å². The van der Waals surface area contributed by atoms with Gasteiger partial charge in [0.05, 0.1) is 5.60 Å². The summed E-state index contributed by atoms with van der Waals surface area (Å²) in [5, 5.41) is 10.5. The van der Waals surface area contributed by atoms with Crippen LogP contribution in [0.25, 0.3) is 0 Å². The number of aliphatic hydroxyl groups is 1. The van der Waals surface area contributed by atoms with E-state index in [-0.39, 0.29) is 0 Å². The fourth-order valence-corrected chi connectivity index (χ4v) is 3.61. The summed E-state index contributed by atoms with van der Waals surface area (Å²) in [6.45, 7) is 2.41. The first-order chi connectivity index (χ1) is 8.71. The van der Waals surface area contributed by atoms with E-state index in [4.69, 9.17) is 5.73 Å². The fourth-order valence-electron chi connectivity index (χ4n) is 3.61. The molecule has 3 unspecified atom stereocenters. The fraction of sp³-hybridized carbons (Fsp3) is 0.600. The van der Waals surface area contributed by atoms with E-state index in [1.807, 2.05) is 0 Å². The zero-order chi connectivity index (χ0) is 12.6. The Morgan fingerprint density at radius 2 is 2.06 bits per heavy atom. The van der Waals surface area contributed by atoms with Crippen molar-refractivity contribution in [3.8, 4) is 0 Å². The van der Waals surface area contributed by atoms with Gasteiger partial charge in [-0.05, 0) is 24.8 Å². The number of benzene rings is 1. The Morgan fingerprint density at radius 3 is 2.67 bits per heavy atom. The SMILES string of the molecule is NCC1(O)CC2CCC1CN2Cc1ccccc1. The Labute approximate surface area is 109 Å². The Balaban J connectivity index is 1.71.